The van der Waals surface area contributed by atoms with Crippen LogP contribution in [-0.2, 0) is 4.79 Å². The van der Waals surface area contributed by atoms with Crippen LogP contribution < -0.4 is 59.1 Å². The second kappa shape index (κ2) is 19.1. The fourth-order valence-corrected chi connectivity index (χ4v) is 2.33. The van der Waals surface area contributed by atoms with Crippen molar-refractivity contribution in [3.63, 3.8) is 0 Å². The minimum Gasteiger partial charge on any atom is -1.00 e. The molecule has 0 aromatic rings. The predicted octanol–water partition coefficient (Wildman–Crippen LogP) is -9.17. The van der Waals surface area contributed by atoms with Crippen molar-refractivity contribution in [2.45, 2.75) is 12.8 Å². The molecule has 0 saturated heterocycles. The average Bonchev–Trinajstić information content (AvgIpc) is 2.37. The minimum atomic E-state index is 0. The summed E-state index contributed by atoms with van der Waals surface area (Å²) in [6.07, 6.45) is 3.63. The summed E-state index contributed by atoms with van der Waals surface area (Å²) in [4.78, 5) is 10.8. The SMILES string of the molecule is [B][B][B][B][B][B][B][B][B][B][B][B]SCC1CC(=O)C1.[H-].[H-].[Na+].[Na+]. The molecular weight excluding hydrogens is 284 g/mol. The Bertz CT molecular complexity index is 253. The van der Waals surface area contributed by atoms with Gasteiger partial charge in [0.15, 0.2) is 0 Å². The molecule has 0 atom stereocenters. The molecule has 21 heavy (non-hydrogen) atoms. The van der Waals surface area contributed by atoms with Gasteiger partial charge in [0.2, 0.25) is 0 Å². The molecule has 0 aromatic carbocycles. The molecule has 0 aliphatic heterocycles. The second-order valence-electron chi connectivity index (χ2n) is 4.21. The Balaban J connectivity index is -0.000000451. The van der Waals surface area contributed by atoms with Gasteiger partial charge in [0.1, 0.15) is 12.2 Å². The summed E-state index contributed by atoms with van der Waals surface area (Å²) in [7, 11) is 24.1. The van der Waals surface area contributed by atoms with Gasteiger partial charge in [-0.25, -0.2) is 11.6 Å². The van der Waals surface area contributed by atoms with Gasteiger partial charge < -0.3 is 2.85 Å². The van der Waals surface area contributed by atoms with E-state index in [-0.39, 0.29) is 62.0 Å². The van der Waals surface area contributed by atoms with Crippen molar-refractivity contribution in [1.29, 1.82) is 0 Å². The Hall–Kier alpha value is 2.80. The molecule has 0 unspecified atom stereocenters. The predicted molar refractivity (Wildman–Crippen MR) is 101 cm³/mol. The summed E-state index contributed by atoms with van der Waals surface area (Å²) in [5.74, 6) is 2.07. The van der Waals surface area contributed by atoms with Crippen molar-refractivity contribution >= 4 is 102 Å². The Morgan fingerprint density at radius 3 is 1.90 bits per heavy atom. The van der Waals surface area contributed by atoms with Gasteiger partial charge in [-0.3, -0.25) is 4.79 Å². The van der Waals surface area contributed by atoms with E-state index in [1.165, 1.54) is 7.06 Å². The van der Waals surface area contributed by atoms with Crippen molar-refractivity contribution in [1.82, 2.24) is 0 Å². The van der Waals surface area contributed by atoms with Gasteiger partial charge in [0.25, 0.3) is 0 Å². The Labute approximate surface area is 191 Å². The molecule has 0 amide bonds. The molecule has 1 aliphatic rings. The zero-order valence-corrected chi connectivity index (χ0v) is 17.8. The van der Waals surface area contributed by atoms with E-state index in [9.17, 15) is 4.79 Å². The van der Waals surface area contributed by atoms with Gasteiger partial charge in [-0.1, -0.05) is 0 Å². The van der Waals surface area contributed by atoms with Gasteiger partial charge in [-0.05, 0) is 11.7 Å². The van der Waals surface area contributed by atoms with Crippen LogP contribution in [0.1, 0.15) is 15.7 Å². The third kappa shape index (κ3) is 16.0. The molecule has 16 heteroatoms. The van der Waals surface area contributed by atoms with Crippen LogP contribution in [0.2, 0.25) is 0 Å². The van der Waals surface area contributed by atoms with Crippen molar-refractivity contribution in [3.8, 4) is 0 Å². The molecule has 1 rings (SSSR count). The van der Waals surface area contributed by atoms with Crippen molar-refractivity contribution in [2.24, 2.45) is 5.92 Å². The van der Waals surface area contributed by atoms with Crippen LogP contribution >= 0.6 is 11.6 Å². The standard InChI is InChI=1S/C5H7B12OS.2Na.2H/c6-7-8-9-10-11-12-13-14-15-16-17-19-3-4-1-5(18)2-4;;;;/h4H,1-3H2;;;;/q;2*+1;2*-1. The average molecular weight is 293 g/mol. The van der Waals surface area contributed by atoms with Crippen molar-refractivity contribution in [2.75, 3.05) is 5.75 Å². The largest absolute Gasteiger partial charge is 1.00 e. The van der Waals surface area contributed by atoms with E-state index in [0.717, 1.165) is 18.6 Å². The van der Waals surface area contributed by atoms with Gasteiger partial charge in [-0.15, -0.1) is 0 Å². The maximum atomic E-state index is 10.8. The molecule has 0 N–H and O–H groups in total. The van der Waals surface area contributed by atoms with Gasteiger partial charge >= 0.3 is 59.1 Å². The Morgan fingerprint density at radius 1 is 0.952 bits per heavy atom. The van der Waals surface area contributed by atoms with Crippen LogP contribution in [0.5, 0.6) is 0 Å². The molecule has 1 fully saturated rings. The van der Waals surface area contributed by atoms with Crippen molar-refractivity contribution < 1.29 is 66.8 Å². The number of ketones is 1. The number of carbonyl (C=O) groups is 1. The zero-order valence-electron chi connectivity index (χ0n) is 14.9. The number of hydrogen-bond acceptors (Lipinski definition) is 2. The molecule has 13 radical (unpaired) electrons. The normalized spacial score (nSPS) is 12.1. The fraction of sp³-hybridized carbons (Fsp3) is 0.800. The maximum Gasteiger partial charge on any atom is 1.00 e. The van der Waals surface area contributed by atoms with Gasteiger partial charge in [-0.2, -0.15) is 0 Å². The molecule has 0 spiro atoms. The van der Waals surface area contributed by atoms with Crippen LogP contribution in [0, 0.1) is 5.92 Å². The van der Waals surface area contributed by atoms with E-state index in [2.05, 4.69) is 6.45 Å². The quantitative estimate of drug-likeness (QED) is 0.248. The molecule has 79 valence electrons. The maximum absolute atomic E-state index is 10.8. The summed E-state index contributed by atoms with van der Waals surface area (Å²) in [6.45, 7) is 0. The van der Waals surface area contributed by atoms with E-state index in [0.29, 0.717) is 11.7 Å². The van der Waals surface area contributed by atoms with E-state index in [1.807, 2.05) is 56.5 Å². The van der Waals surface area contributed by atoms with Crippen molar-refractivity contribution in [3.05, 3.63) is 0 Å². The Kier molecular flexibility index (Phi) is 23.7. The van der Waals surface area contributed by atoms with E-state index in [4.69, 9.17) is 7.74 Å². The summed E-state index contributed by atoms with van der Waals surface area (Å²) >= 11 is 1.77. The molecule has 0 heterocycles. The first-order valence-corrected chi connectivity index (χ1v) is 7.38. The van der Waals surface area contributed by atoms with Gasteiger partial charge in [0, 0.05) is 91.2 Å². The van der Waals surface area contributed by atoms with Crippen LogP contribution in [0.15, 0.2) is 0 Å². The van der Waals surface area contributed by atoms with E-state index in [1.54, 1.807) is 18.7 Å². The summed E-state index contributed by atoms with van der Waals surface area (Å²) < 4.78 is 0. The third-order valence-corrected chi connectivity index (χ3v) is 3.55. The van der Waals surface area contributed by atoms with Crippen LogP contribution in [0.25, 0.3) is 0 Å². The molecule has 0 aromatic heterocycles. The number of Topliss-reactive ketones (excluding diaryl/α,β-unsaturated/α-hetero) is 1. The summed E-state index contributed by atoms with van der Waals surface area (Å²) in [5, 5.41) is 0. The van der Waals surface area contributed by atoms with E-state index < -0.39 is 0 Å². The molecule has 1 aliphatic carbocycles. The third-order valence-electron chi connectivity index (χ3n) is 2.54. The molecule has 1 nitrogen and oxygen atoms in total. The van der Waals surface area contributed by atoms with Crippen LogP contribution in [0.3, 0.4) is 0 Å². The Morgan fingerprint density at radius 2 is 1.43 bits per heavy atom. The molecule has 0 bridgehead atoms. The second-order valence-corrected chi connectivity index (χ2v) is 5.15. The summed E-state index contributed by atoms with van der Waals surface area (Å²) in [6, 6.07) is 0. The minimum absolute atomic E-state index is 0. The monoisotopic (exact) mass is 295 g/mol. The topological polar surface area (TPSA) is 17.1 Å². The molecule has 1 saturated carbocycles. The fourth-order valence-electron chi connectivity index (χ4n) is 1.51. The van der Waals surface area contributed by atoms with Crippen LogP contribution in [0.4, 0.5) is 0 Å². The first-order chi connectivity index (χ1) is 9.33. The smallest absolute Gasteiger partial charge is 1.00 e. The number of carbonyl (C=O) groups excluding carboxylic acids is 1. The first kappa shape index (κ1) is 26.0. The van der Waals surface area contributed by atoms with Gasteiger partial charge in [0.05, 0.1) is 0 Å². The number of hydrogen-bond donors (Lipinski definition) is 0. The summed E-state index contributed by atoms with van der Waals surface area (Å²) in [5.41, 5.74) is 0. The molecular formula is C5H9B12Na2OS. The first-order valence-electron chi connectivity index (χ1n) is 6.33. The zero-order chi connectivity index (χ0) is 13.8. The number of rotatable bonds is 13. The van der Waals surface area contributed by atoms with E-state index >= 15 is 0 Å². The van der Waals surface area contributed by atoms with Crippen LogP contribution in [-0.4, -0.2) is 96.3 Å².